The Labute approximate surface area is 135 Å². The number of nitrogens with zero attached hydrogens (tertiary/aromatic N) is 1. The van der Waals surface area contributed by atoms with E-state index < -0.39 is 10.9 Å². The minimum Gasteiger partial charge on any atom is -0.419 e. The predicted molar refractivity (Wildman–Crippen MR) is 85.1 cm³/mol. The summed E-state index contributed by atoms with van der Waals surface area (Å²) >= 11 is 0. The van der Waals surface area contributed by atoms with E-state index >= 15 is 0 Å². The minimum absolute atomic E-state index is 0.0661. The standard InChI is InChI=1S/C16H22N2O5/c1-10(2)15(19)17-8-7-12-5-6-14(13(9-12)18(21)22)23-16(20)11(3)4/h5-6,9-11H,7-8H2,1-4H3,(H,17,19). The van der Waals surface area contributed by atoms with Gasteiger partial charge in [0.05, 0.1) is 10.8 Å². The molecule has 1 aromatic rings. The summed E-state index contributed by atoms with van der Waals surface area (Å²) in [4.78, 5) is 33.6. The van der Waals surface area contributed by atoms with Gasteiger partial charge in [-0.1, -0.05) is 33.8 Å². The van der Waals surface area contributed by atoms with Gasteiger partial charge in [0.15, 0.2) is 0 Å². The third-order valence-electron chi connectivity index (χ3n) is 3.14. The summed E-state index contributed by atoms with van der Waals surface area (Å²) in [5.41, 5.74) is 0.428. The summed E-state index contributed by atoms with van der Waals surface area (Å²) in [5.74, 6) is -1.14. The van der Waals surface area contributed by atoms with Crippen LogP contribution in [0.5, 0.6) is 5.75 Å². The number of carbonyl (C=O) groups excluding carboxylic acids is 2. The lowest BCUT2D eigenvalue weighted by molar-refractivity contribution is -0.385. The zero-order valence-electron chi connectivity index (χ0n) is 13.8. The van der Waals surface area contributed by atoms with Crippen LogP contribution in [0.15, 0.2) is 18.2 Å². The largest absolute Gasteiger partial charge is 0.419 e. The summed E-state index contributed by atoms with van der Waals surface area (Å²) in [5, 5.41) is 13.9. The van der Waals surface area contributed by atoms with Gasteiger partial charge in [-0.05, 0) is 18.1 Å². The first-order valence-electron chi connectivity index (χ1n) is 7.49. The highest BCUT2D eigenvalue weighted by molar-refractivity contribution is 5.77. The monoisotopic (exact) mass is 322 g/mol. The van der Waals surface area contributed by atoms with Crippen molar-refractivity contribution in [3.05, 3.63) is 33.9 Å². The van der Waals surface area contributed by atoms with Gasteiger partial charge in [0, 0.05) is 18.5 Å². The molecule has 0 unspecified atom stereocenters. The molecule has 1 N–H and O–H groups in total. The van der Waals surface area contributed by atoms with Gasteiger partial charge in [-0.3, -0.25) is 19.7 Å². The molecule has 1 amide bonds. The first kappa shape index (κ1) is 18.6. The molecule has 0 atom stereocenters. The van der Waals surface area contributed by atoms with Gasteiger partial charge in [-0.2, -0.15) is 0 Å². The topological polar surface area (TPSA) is 98.5 Å². The molecule has 0 radical (unpaired) electrons. The molecule has 0 aliphatic carbocycles. The van der Waals surface area contributed by atoms with Crippen LogP contribution in [0.2, 0.25) is 0 Å². The van der Waals surface area contributed by atoms with E-state index in [-0.39, 0.29) is 29.2 Å². The zero-order valence-corrected chi connectivity index (χ0v) is 13.8. The van der Waals surface area contributed by atoms with E-state index in [4.69, 9.17) is 4.74 Å². The van der Waals surface area contributed by atoms with Crippen LogP contribution in [-0.2, 0) is 16.0 Å². The van der Waals surface area contributed by atoms with E-state index in [0.717, 1.165) is 0 Å². The Balaban J connectivity index is 2.81. The Morgan fingerprint density at radius 2 is 1.87 bits per heavy atom. The molecule has 0 aromatic heterocycles. The fraction of sp³-hybridized carbons (Fsp3) is 0.500. The molecule has 0 saturated carbocycles. The number of carbonyl (C=O) groups is 2. The number of nitro benzene ring substituents is 1. The lowest BCUT2D eigenvalue weighted by Crippen LogP contribution is -2.29. The van der Waals surface area contributed by atoms with Crippen molar-refractivity contribution in [3.8, 4) is 5.75 Å². The molecule has 0 spiro atoms. The molecular weight excluding hydrogens is 300 g/mol. The molecule has 0 bridgehead atoms. The molecule has 0 saturated heterocycles. The molecule has 0 aliphatic rings. The lowest BCUT2D eigenvalue weighted by atomic mass is 10.1. The van der Waals surface area contributed by atoms with Gasteiger partial charge in [0.2, 0.25) is 11.7 Å². The van der Waals surface area contributed by atoms with Crippen LogP contribution in [-0.4, -0.2) is 23.3 Å². The Morgan fingerprint density at radius 1 is 1.22 bits per heavy atom. The molecule has 23 heavy (non-hydrogen) atoms. The molecule has 7 nitrogen and oxygen atoms in total. The number of hydrogen-bond acceptors (Lipinski definition) is 5. The first-order chi connectivity index (χ1) is 10.7. The average molecular weight is 322 g/mol. The first-order valence-corrected chi connectivity index (χ1v) is 7.49. The highest BCUT2D eigenvalue weighted by atomic mass is 16.6. The van der Waals surface area contributed by atoms with Gasteiger partial charge in [0.1, 0.15) is 0 Å². The normalized spacial score (nSPS) is 10.7. The van der Waals surface area contributed by atoms with Crippen LogP contribution in [0.3, 0.4) is 0 Å². The van der Waals surface area contributed by atoms with Crippen molar-refractivity contribution >= 4 is 17.6 Å². The van der Waals surface area contributed by atoms with Gasteiger partial charge in [0.25, 0.3) is 0 Å². The maximum Gasteiger partial charge on any atom is 0.314 e. The Hall–Kier alpha value is -2.44. The molecule has 0 heterocycles. The fourth-order valence-electron chi connectivity index (χ4n) is 1.71. The summed E-state index contributed by atoms with van der Waals surface area (Å²) in [7, 11) is 0. The molecule has 1 rings (SSSR count). The van der Waals surface area contributed by atoms with Crippen molar-refractivity contribution < 1.29 is 19.2 Å². The van der Waals surface area contributed by atoms with Gasteiger partial charge in [-0.25, -0.2) is 0 Å². The summed E-state index contributed by atoms with van der Waals surface area (Å²) in [6, 6.07) is 4.43. The second-order valence-electron chi connectivity index (χ2n) is 5.83. The van der Waals surface area contributed by atoms with Crippen molar-refractivity contribution in [2.75, 3.05) is 6.54 Å². The molecular formula is C16H22N2O5. The van der Waals surface area contributed by atoms with Crippen LogP contribution in [0.1, 0.15) is 33.3 Å². The maximum absolute atomic E-state index is 11.6. The average Bonchev–Trinajstić information content (AvgIpc) is 2.47. The van der Waals surface area contributed by atoms with E-state index in [2.05, 4.69) is 5.32 Å². The van der Waals surface area contributed by atoms with E-state index in [1.165, 1.54) is 12.1 Å². The van der Waals surface area contributed by atoms with Gasteiger partial charge >= 0.3 is 11.7 Å². The Kier molecular flexibility index (Phi) is 6.68. The predicted octanol–water partition coefficient (Wildman–Crippen LogP) is 2.47. The summed E-state index contributed by atoms with van der Waals surface area (Å²) in [6.07, 6.45) is 0.456. The fourth-order valence-corrected chi connectivity index (χ4v) is 1.71. The highest BCUT2D eigenvalue weighted by Gasteiger charge is 2.20. The third kappa shape index (κ3) is 5.69. The Morgan fingerprint density at radius 3 is 2.39 bits per heavy atom. The number of benzene rings is 1. The van der Waals surface area contributed by atoms with E-state index in [1.54, 1.807) is 33.8 Å². The number of nitro groups is 1. The number of rotatable bonds is 7. The molecule has 1 aromatic carbocycles. The van der Waals surface area contributed by atoms with Gasteiger partial charge in [-0.15, -0.1) is 0 Å². The van der Waals surface area contributed by atoms with E-state index in [1.807, 2.05) is 0 Å². The van der Waals surface area contributed by atoms with Crippen molar-refractivity contribution in [1.82, 2.24) is 5.32 Å². The smallest absolute Gasteiger partial charge is 0.314 e. The minimum atomic E-state index is -0.584. The number of ether oxygens (including phenoxy) is 1. The molecule has 126 valence electrons. The SMILES string of the molecule is CC(C)C(=O)NCCc1ccc(OC(=O)C(C)C)c([N+](=O)[O-])c1. The van der Waals surface area contributed by atoms with E-state index in [0.29, 0.717) is 18.5 Å². The van der Waals surface area contributed by atoms with E-state index in [9.17, 15) is 19.7 Å². The van der Waals surface area contributed by atoms with Crippen molar-refractivity contribution in [2.45, 2.75) is 34.1 Å². The second-order valence-corrected chi connectivity index (χ2v) is 5.83. The Bertz CT molecular complexity index is 596. The number of hydrogen-bond donors (Lipinski definition) is 1. The van der Waals surface area contributed by atoms with Crippen LogP contribution in [0.4, 0.5) is 5.69 Å². The summed E-state index contributed by atoms with van der Waals surface area (Å²) in [6.45, 7) is 7.27. The van der Waals surface area contributed by atoms with Crippen LogP contribution in [0.25, 0.3) is 0 Å². The lowest BCUT2D eigenvalue weighted by Gasteiger charge is -2.10. The van der Waals surface area contributed by atoms with Crippen LogP contribution >= 0.6 is 0 Å². The van der Waals surface area contributed by atoms with Crippen molar-refractivity contribution in [1.29, 1.82) is 0 Å². The van der Waals surface area contributed by atoms with Crippen molar-refractivity contribution in [2.24, 2.45) is 11.8 Å². The third-order valence-corrected chi connectivity index (χ3v) is 3.14. The second kappa shape index (κ2) is 8.26. The van der Waals surface area contributed by atoms with Crippen LogP contribution < -0.4 is 10.1 Å². The molecule has 0 fully saturated rings. The highest BCUT2D eigenvalue weighted by Crippen LogP contribution is 2.28. The number of nitrogens with one attached hydrogen (secondary N) is 1. The van der Waals surface area contributed by atoms with Crippen LogP contribution in [0, 0.1) is 22.0 Å². The molecule has 0 aliphatic heterocycles. The molecule has 7 heteroatoms. The summed E-state index contributed by atoms with van der Waals surface area (Å²) < 4.78 is 5.05. The van der Waals surface area contributed by atoms with Gasteiger partial charge < -0.3 is 10.1 Å². The number of esters is 1. The van der Waals surface area contributed by atoms with Crippen molar-refractivity contribution in [3.63, 3.8) is 0 Å². The maximum atomic E-state index is 11.6. The number of amides is 1. The zero-order chi connectivity index (χ0) is 17.6. The quantitative estimate of drug-likeness (QED) is 0.360.